The van der Waals surface area contributed by atoms with Crippen molar-refractivity contribution in [1.29, 1.82) is 0 Å². The van der Waals surface area contributed by atoms with Crippen molar-refractivity contribution in [2.24, 2.45) is 22.9 Å². The van der Waals surface area contributed by atoms with E-state index in [-0.39, 0.29) is 57.4 Å². The summed E-state index contributed by atoms with van der Waals surface area (Å²) in [6.45, 7) is 6.96. The third-order valence-electron chi connectivity index (χ3n) is 10.7. The van der Waals surface area contributed by atoms with Crippen molar-refractivity contribution in [1.82, 2.24) is 20.1 Å². The third kappa shape index (κ3) is 13.2. The lowest BCUT2D eigenvalue weighted by Gasteiger charge is -2.38. The fraction of sp³-hybridized carbons (Fsp3) is 0.941. The molecule has 3 saturated carbocycles. The molecule has 50 heavy (non-hydrogen) atoms. The maximum atomic E-state index is 14.5. The number of aliphatic hydroxyl groups is 1. The van der Waals surface area contributed by atoms with Gasteiger partial charge in [0.05, 0.1) is 22.6 Å². The molecule has 3 aliphatic carbocycles. The van der Waals surface area contributed by atoms with Crippen LogP contribution < -0.4 is 15.3 Å². The molecule has 7 unspecified atom stereocenters. The maximum absolute atomic E-state index is 14.5. The Hall–Kier alpha value is -1.46. The van der Waals surface area contributed by atoms with Crippen LogP contribution in [-0.4, -0.2) is 105 Å². The summed E-state index contributed by atoms with van der Waals surface area (Å²) in [7, 11) is -7.84. The number of alkyl halides is 2. The largest absolute Gasteiger partial charge is 0.390 e. The standard InChI is InChI=1S/C34H63F2N5O7S2/c1-4-7-15-41(39-50(47,48)29-11-9-8-10-12-29)23-32(42)31(18-24-16-27(35)22-28(36)17-24)38-33(43)25-19-26(21-30(20-25)49(37,45)46)34(44)40(13-5-2)14-6-3/h24-32,39,42H,4-23H2,1-3H3,(H,38,43)(H2,37,45,46). The van der Waals surface area contributed by atoms with E-state index in [0.29, 0.717) is 51.7 Å². The topological polar surface area (TPSA) is 179 Å². The van der Waals surface area contributed by atoms with E-state index in [2.05, 4.69) is 10.1 Å². The second-order valence-electron chi connectivity index (χ2n) is 15.0. The molecular formula is C34H63F2N5O7S2. The van der Waals surface area contributed by atoms with Crippen molar-refractivity contribution < 1.29 is 40.3 Å². The lowest BCUT2D eigenvalue weighted by atomic mass is 9.79. The van der Waals surface area contributed by atoms with Gasteiger partial charge >= 0.3 is 0 Å². The molecule has 0 bridgehead atoms. The Morgan fingerprint density at radius 1 is 0.820 bits per heavy atom. The SMILES string of the molecule is CCCCN(CC(O)C(CC1CC(F)CC(F)C1)NC(=O)C1CC(C(=O)N(CCC)CCC)CC(S(N)(=O)=O)C1)NS(=O)(=O)C1CCCCC1. The molecule has 0 aromatic carbocycles. The third-order valence-corrected chi connectivity index (χ3v) is 13.8. The van der Waals surface area contributed by atoms with E-state index in [1.807, 2.05) is 20.8 Å². The normalized spacial score (nSPS) is 28.2. The number of nitrogens with one attached hydrogen (secondary N) is 2. The van der Waals surface area contributed by atoms with Gasteiger partial charge in [0.1, 0.15) is 12.3 Å². The monoisotopic (exact) mass is 755 g/mol. The number of unbranched alkanes of at least 4 members (excludes halogenated alkanes) is 1. The molecule has 0 aliphatic heterocycles. The van der Waals surface area contributed by atoms with Crippen molar-refractivity contribution in [3.05, 3.63) is 0 Å². The van der Waals surface area contributed by atoms with E-state index in [1.165, 1.54) is 5.01 Å². The number of hydrogen-bond donors (Lipinski definition) is 4. The highest BCUT2D eigenvalue weighted by Crippen LogP contribution is 2.36. The second-order valence-corrected chi connectivity index (χ2v) is 18.8. The zero-order valence-corrected chi connectivity index (χ0v) is 31.9. The Bertz CT molecular complexity index is 1270. The number of amides is 2. The van der Waals surface area contributed by atoms with Crippen LogP contribution in [0.1, 0.15) is 124 Å². The van der Waals surface area contributed by atoms with Crippen molar-refractivity contribution in [2.45, 2.75) is 158 Å². The minimum Gasteiger partial charge on any atom is -0.390 e. The summed E-state index contributed by atoms with van der Waals surface area (Å²) in [5, 5.41) is 19.9. The number of rotatable bonds is 19. The minimum absolute atomic E-state index is 0.00278. The number of hydrogen-bond acceptors (Lipinski definition) is 8. The van der Waals surface area contributed by atoms with Gasteiger partial charge < -0.3 is 15.3 Å². The van der Waals surface area contributed by atoms with Gasteiger partial charge in [0, 0.05) is 44.4 Å². The number of primary sulfonamides is 1. The van der Waals surface area contributed by atoms with Crippen LogP contribution in [0, 0.1) is 17.8 Å². The van der Waals surface area contributed by atoms with Crippen LogP contribution in [-0.2, 0) is 29.6 Å². The van der Waals surface area contributed by atoms with Gasteiger partial charge in [0.2, 0.25) is 31.9 Å². The first-order valence-corrected chi connectivity index (χ1v) is 22.1. The molecule has 7 atom stereocenters. The smallest absolute Gasteiger partial charge is 0.227 e. The summed E-state index contributed by atoms with van der Waals surface area (Å²) in [6, 6.07) is -1.02. The molecule has 12 nitrogen and oxygen atoms in total. The average molecular weight is 756 g/mol. The van der Waals surface area contributed by atoms with Crippen LogP contribution in [0.4, 0.5) is 8.78 Å². The van der Waals surface area contributed by atoms with Crippen molar-refractivity contribution in [2.75, 3.05) is 26.2 Å². The molecule has 3 rings (SSSR count). The van der Waals surface area contributed by atoms with Gasteiger partial charge in [0.25, 0.3) is 0 Å². The number of carbonyl (C=O) groups excluding carboxylic acids is 2. The summed E-state index contributed by atoms with van der Waals surface area (Å²) < 4.78 is 80.8. The molecule has 5 N–H and O–H groups in total. The van der Waals surface area contributed by atoms with Crippen molar-refractivity contribution >= 4 is 31.9 Å². The van der Waals surface area contributed by atoms with Crippen molar-refractivity contribution in [3.63, 3.8) is 0 Å². The average Bonchev–Trinajstić information content (AvgIpc) is 3.05. The summed E-state index contributed by atoms with van der Waals surface area (Å²) in [5.74, 6) is -2.97. The van der Waals surface area contributed by atoms with E-state index in [1.54, 1.807) is 4.90 Å². The van der Waals surface area contributed by atoms with Gasteiger partial charge in [-0.3, -0.25) is 9.59 Å². The molecule has 0 heterocycles. The fourth-order valence-electron chi connectivity index (χ4n) is 8.04. The molecule has 0 aromatic rings. The highest BCUT2D eigenvalue weighted by atomic mass is 32.2. The van der Waals surface area contributed by atoms with E-state index >= 15 is 0 Å². The van der Waals surface area contributed by atoms with Gasteiger partial charge in [0.15, 0.2) is 0 Å². The van der Waals surface area contributed by atoms with Crippen LogP contribution in [0.5, 0.6) is 0 Å². The summed E-state index contributed by atoms with van der Waals surface area (Å²) in [5.41, 5.74) is 0. The van der Waals surface area contributed by atoms with Gasteiger partial charge in [-0.2, -0.15) is 0 Å². The molecule has 0 radical (unpaired) electrons. The molecule has 3 aliphatic rings. The van der Waals surface area contributed by atoms with Crippen LogP contribution in [0.2, 0.25) is 0 Å². The summed E-state index contributed by atoms with van der Waals surface area (Å²) in [4.78, 5) is 32.0. The zero-order chi connectivity index (χ0) is 37.1. The summed E-state index contributed by atoms with van der Waals surface area (Å²) in [6.07, 6.45) is 2.43. The van der Waals surface area contributed by atoms with E-state index in [4.69, 9.17) is 5.14 Å². The fourth-order valence-corrected chi connectivity index (χ4v) is 10.7. The number of nitrogens with zero attached hydrogens (tertiary/aromatic N) is 2. The number of sulfonamides is 2. The molecule has 3 fully saturated rings. The quantitative estimate of drug-likeness (QED) is 0.144. The van der Waals surface area contributed by atoms with Crippen LogP contribution in [0.15, 0.2) is 0 Å². The summed E-state index contributed by atoms with van der Waals surface area (Å²) >= 11 is 0. The van der Waals surface area contributed by atoms with Crippen molar-refractivity contribution in [3.8, 4) is 0 Å². The van der Waals surface area contributed by atoms with E-state index in [9.17, 15) is 40.3 Å². The Kier molecular flexibility index (Phi) is 17.3. The number of carbonyl (C=O) groups is 2. The first-order valence-electron chi connectivity index (χ1n) is 18.9. The van der Waals surface area contributed by atoms with Gasteiger partial charge in [-0.15, -0.1) is 4.83 Å². The van der Waals surface area contributed by atoms with E-state index < -0.39 is 78.7 Å². The lowest BCUT2D eigenvalue weighted by Crippen LogP contribution is -2.56. The first-order chi connectivity index (χ1) is 23.6. The molecule has 0 saturated heterocycles. The number of nitrogens with two attached hydrogens (primary N) is 1. The van der Waals surface area contributed by atoms with Gasteiger partial charge in [-0.25, -0.2) is 35.8 Å². The molecule has 0 aromatic heterocycles. The van der Waals surface area contributed by atoms with Gasteiger partial charge in [-0.05, 0) is 76.5 Å². The van der Waals surface area contributed by atoms with E-state index in [0.717, 1.165) is 25.7 Å². The molecule has 16 heteroatoms. The highest BCUT2D eigenvalue weighted by molar-refractivity contribution is 7.90. The first kappa shape index (κ1) is 42.9. The lowest BCUT2D eigenvalue weighted by molar-refractivity contribution is -0.138. The van der Waals surface area contributed by atoms with Gasteiger partial charge in [-0.1, -0.05) is 46.5 Å². The van der Waals surface area contributed by atoms with Crippen LogP contribution >= 0.6 is 0 Å². The van der Waals surface area contributed by atoms with Crippen LogP contribution in [0.25, 0.3) is 0 Å². The Balaban J connectivity index is 1.85. The number of aliphatic hydroxyl groups excluding tert-OH is 1. The number of hydrazine groups is 1. The predicted molar refractivity (Wildman–Crippen MR) is 190 cm³/mol. The predicted octanol–water partition coefficient (Wildman–Crippen LogP) is 3.69. The minimum atomic E-state index is -4.10. The molecular weight excluding hydrogens is 693 g/mol. The Morgan fingerprint density at radius 2 is 1.42 bits per heavy atom. The Labute approximate surface area is 299 Å². The second kappa shape index (κ2) is 20.1. The van der Waals surface area contributed by atoms with Crippen LogP contribution in [0.3, 0.4) is 0 Å². The molecule has 0 spiro atoms. The molecule has 292 valence electrons. The highest BCUT2D eigenvalue weighted by Gasteiger charge is 2.43. The molecule has 2 amide bonds. The zero-order valence-electron chi connectivity index (χ0n) is 30.3. The number of halogens is 2. The maximum Gasteiger partial charge on any atom is 0.227 e. The Morgan fingerprint density at radius 3 is 1.98 bits per heavy atom.